The van der Waals surface area contributed by atoms with Gasteiger partial charge in [0.25, 0.3) is 5.91 Å². The van der Waals surface area contributed by atoms with Crippen molar-refractivity contribution in [2.24, 2.45) is 5.16 Å². The molecule has 0 aliphatic carbocycles. The van der Waals surface area contributed by atoms with Crippen molar-refractivity contribution in [3.05, 3.63) is 35.7 Å². The van der Waals surface area contributed by atoms with E-state index in [-0.39, 0.29) is 35.1 Å². The zero-order chi connectivity index (χ0) is 17.7. The predicted molar refractivity (Wildman–Crippen MR) is 79.2 cm³/mol. The van der Waals surface area contributed by atoms with Crippen molar-refractivity contribution < 1.29 is 57.9 Å². The summed E-state index contributed by atoms with van der Waals surface area (Å²) >= 11 is 0. The van der Waals surface area contributed by atoms with E-state index in [1.54, 1.807) is 18.2 Å². The largest absolute Gasteiger partial charge is 1.00 e. The van der Waals surface area contributed by atoms with Gasteiger partial charge in [0.15, 0.2) is 15.2 Å². The number of carbonyl (C=O) groups excluding carboxylic acids is 2. The van der Waals surface area contributed by atoms with Crippen LogP contribution in [0.4, 0.5) is 0 Å². The van der Waals surface area contributed by atoms with E-state index in [0.29, 0.717) is 11.9 Å². The molecule has 11 heteroatoms. The van der Waals surface area contributed by atoms with Crippen LogP contribution in [-0.4, -0.2) is 57.8 Å². The number of amides is 1. The van der Waals surface area contributed by atoms with Crippen molar-refractivity contribution in [1.29, 1.82) is 0 Å². The number of nitrogens with zero attached hydrogens (tertiary/aromatic N) is 3. The van der Waals surface area contributed by atoms with Crippen LogP contribution in [0.2, 0.25) is 0 Å². The first-order valence-electron chi connectivity index (χ1n) is 6.84. The number of pyridine rings is 1. The Kier molecular flexibility index (Phi) is 5.11. The summed E-state index contributed by atoms with van der Waals surface area (Å²) in [6.45, 7) is 1.08. The number of sulfone groups is 1. The molecule has 0 spiro atoms. The molecule has 2 aliphatic rings. The number of rotatable bonds is 3. The molecule has 0 aromatic carbocycles. The molecule has 2 fully saturated rings. The van der Waals surface area contributed by atoms with Gasteiger partial charge in [0.1, 0.15) is 4.75 Å². The molecule has 25 heavy (non-hydrogen) atoms. The quantitative estimate of drug-likeness (QED) is 0.140. The number of aromatic nitrogens is 1. The number of β-lactam (4-membered cyclic amide) rings is 1. The maximum Gasteiger partial charge on any atom is 1.00 e. The second-order valence-electron chi connectivity index (χ2n) is 5.61. The molecule has 2 aliphatic heterocycles. The minimum atomic E-state index is -4.21. The summed E-state index contributed by atoms with van der Waals surface area (Å²) in [7, 11) is -4.21. The first-order chi connectivity index (χ1) is 11.3. The molecule has 0 unspecified atom stereocenters. The molecule has 0 radical (unpaired) electrons. The van der Waals surface area contributed by atoms with Gasteiger partial charge in [-0.15, -0.1) is 5.16 Å². The molecular formula is C14H12N3NaO6S. The van der Waals surface area contributed by atoms with Gasteiger partial charge in [-0.05, 0) is 25.1 Å². The van der Waals surface area contributed by atoms with Crippen LogP contribution in [0.15, 0.2) is 35.1 Å². The molecular weight excluding hydrogens is 361 g/mol. The van der Waals surface area contributed by atoms with Crippen LogP contribution in [-0.2, 0) is 19.4 Å². The number of hydrogen-bond donors (Lipinski definition) is 1. The van der Waals surface area contributed by atoms with Gasteiger partial charge in [0.05, 0.1) is 29.5 Å². The van der Waals surface area contributed by atoms with E-state index >= 15 is 0 Å². The van der Waals surface area contributed by atoms with Gasteiger partial charge in [-0.3, -0.25) is 9.78 Å². The van der Waals surface area contributed by atoms with Gasteiger partial charge in [-0.25, -0.2) is 8.42 Å². The molecule has 126 valence electrons. The van der Waals surface area contributed by atoms with Crippen LogP contribution in [0.5, 0.6) is 0 Å². The fourth-order valence-electron chi connectivity index (χ4n) is 3.05. The van der Waals surface area contributed by atoms with E-state index in [1.807, 2.05) is 0 Å². The Hall–Kier alpha value is -1.75. The van der Waals surface area contributed by atoms with E-state index in [9.17, 15) is 23.1 Å². The minimum absolute atomic E-state index is 0. The van der Waals surface area contributed by atoms with Gasteiger partial charge in [0, 0.05) is 6.20 Å². The Bertz CT molecular complexity index is 885. The number of oxime groups is 1. The van der Waals surface area contributed by atoms with Gasteiger partial charge in [-0.2, -0.15) is 0 Å². The number of carboxylic acids is 1. The standard InChI is InChI=1S/C14H13N3O6S.Na/c1-14(7-16-21)10(13(19)20)17-11(18)9(12(17)24(14,22)23)6-8-4-2-3-5-15-8;/h2-7,10,12,21H,1H3,(H,19,20);/q;+1/p-1/b9-6-,16-7+;/t10-,12+,14-;/m0./s1. The number of hydrogen-bond acceptors (Lipinski definition) is 8. The first kappa shape index (κ1) is 19.6. The summed E-state index contributed by atoms with van der Waals surface area (Å²) < 4.78 is 23.5. The first-order valence-corrected chi connectivity index (χ1v) is 8.38. The molecule has 2 saturated heterocycles. The van der Waals surface area contributed by atoms with Crippen molar-refractivity contribution in [3.8, 4) is 0 Å². The van der Waals surface area contributed by atoms with Crippen LogP contribution in [0.25, 0.3) is 6.08 Å². The van der Waals surface area contributed by atoms with Crippen LogP contribution < -0.4 is 34.7 Å². The van der Waals surface area contributed by atoms with Crippen LogP contribution >= 0.6 is 0 Å². The zero-order valence-corrected chi connectivity index (χ0v) is 16.2. The summed E-state index contributed by atoms with van der Waals surface area (Å²) in [4.78, 5) is 28.5. The van der Waals surface area contributed by atoms with Crippen molar-refractivity contribution in [2.45, 2.75) is 23.1 Å². The number of fused-ring (bicyclic) bond motifs is 1. The Morgan fingerprint density at radius 1 is 1.48 bits per heavy atom. The summed E-state index contributed by atoms with van der Waals surface area (Å²) in [5, 5.41) is 21.4. The van der Waals surface area contributed by atoms with Crippen molar-refractivity contribution in [3.63, 3.8) is 0 Å². The Morgan fingerprint density at radius 2 is 2.16 bits per heavy atom. The molecule has 3 rings (SSSR count). The summed E-state index contributed by atoms with van der Waals surface area (Å²) in [5.74, 6) is -2.48. The topological polar surface area (TPSA) is 140 Å². The number of carbonyl (C=O) groups is 2. The normalized spacial score (nSPS) is 31.5. The van der Waals surface area contributed by atoms with Gasteiger partial charge >= 0.3 is 29.6 Å². The van der Waals surface area contributed by atoms with E-state index in [4.69, 9.17) is 5.21 Å². The third-order valence-corrected chi connectivity index (χ3v) is 6.88. The molecule has 0 saturated carbocycles. The fraction of sp³-hybridized carbons (Fsp3) is 0.286. The fourth-order valence-corrected chi connectivity index (χ4v) is 5.26. The zero-order valence-electron chi connectivity index (χ0n) is 13.4. The van der Waals surface area contributed by atoms with Gasteiger partial charge < -0.3 is 20.0 Å². The smallest absolute Gasteiger partial charge is 0.548 e. The SMILES string of the molecule is C[C@]1(/C=N/O)[C@H](C(=O)[O-])N2C(=O)/C(=C/c3ccccn3)[C@H]2S1(=O)=O.[Na+]. The number of carboxylic acid groups (broad SMARTS) is 1. The van der Waals surface area contributed by atoms with Crippen molar-refractivity contribution >= 4 is 34.0 Å². The average molecular weight is 373 g/mol. The Labute approximate surface area is 165 Å². The van der Waals surface area contributed by atoms with Crippen LogP contribution in [0, 0.1) is 0 Å². The molecule has 1 aromatic rings. The van der Waals surface area contributed by atoms with Crippen molar-refractivity contribution in [1.82, 2.24) is 9.88 Å². The maximum atomic E-state index is 12.8. The predicted octanol–water partition coefficient (Wildman–Crippen LogP) is -4.60. The molecule has 0 bridgehead atoms. The molecule has 1 amide bonds. The summed E-state index contributed by atoms with van der Waals surface area (Å²) in [5.41, 5.74) is 0.278. The van der Waals surface area contributed by atoms with E-state index in [1.165, 1.54) is 12.3 Å². The average Bonchev–Trinajstić information content (AvgIpc) is 2.69. The van der Waals surface area contributed by atoms with Gasteiger partial charge in [0.2, 0.25) is 0 Å². The van der Waals surface area contributed by atoms with Crippen LogP contribution in [0.3, 0.4) is 0 Å². The minimum Gasteiger partial charge on any atom is -0.548 e. The molecule has 1 N–H and O–H groups in total. The van der Waals surface area contributed by atoms with E-state index < -0.39 is 37.9 Å². The van der Waals surface area contributed by atoms with E-state index in [2.05, 4.69) is 10.1 Å². The van der Waals surface area contributed by atoms with Crippen molar-refractivity contribution in [2.75, 3.05) is 0 Å². The third-order valence-electron chi connectivity index (χ3n) is 4.26. The number of aliphatic carboxylic acids is 1. The molecule has 1 aromatic heterocycles. The Morgan fingerprint density at radius 3 is 2.68 bits per heavy atom. The molecule has 3 atom stereocenters. The Balaban J connectivity index is 0.00000225. The maximum absolute atomic E-state index is 12.8. The second-order valence-corrected chi connectivity index (χ2v) is 8.03. The van der Waals surface area contributed by atoms with E-state index in [0.717, 1.165) is 11.8 Å². The molecule has 3 heterocycles. The van der Waals surface area contributed by atoms with Crippen LogP contribution in [0.1, 0.15) is 12.6 Å². The third kappa shape index (κ3) is 2.60. The molecule has 9 nitrogen and oxygen atoms in total. The summed E-state index contributed by atoms with van der Waals surface area (Å²) in [6, 6.07) is 3.12. The second kappa shape index (κ2) is 6.52. The summed E-state index contributed by atoms with van der Waals surface area (Å²) in [6.07, 6.45) is 3.38. The van der Waals surface area contributed by atoms with Gasteiger partial charge in [-0.1, -0.05) is 6.07 Å². The monoisotopic (exact) mass is 373 g/mol.